The highest BCUT2D eigenvalue weighted by Crippen LogP contribution is 2.22. The number of unbranched alkanes of at least 4 members (excludes halogenated alkanes) is 2. The molecule has 0 aliphatic carbocycles. The van der Waals surface area contributed by atoms with Crippen molar-refractivity contribution in [2.75, 3.05) is 26.7 Å². The minimum Gasteiger partial charge on any atom is -0.396 e. The summed E-state index contributed by atoms with van der Waals surface area (Å²) in [5, 5.41) is 9.20. The normalized spacial score (nSPS) is 11.1. The SMILES string of the molecule is CN(CCCCCO)CCC(=O)c1ccc(Br)cc1Cl. The van der Waals surface area contributed by atoms with Gasteiger partial charge in [-0.3, -0.25) is 4.79 Å². The molecule has 0 radical (unpaired) electrons. The van der Waals surface area contributed by atoms with Crippen molar-refractivity contribution in [1.82, 2.24) is 4.90 Å². The molecule has 112 valence electrons. The Morgan fingerprint density at radius 1 is 1.30 bits per heavy atom. The van der Waals surface area contributed by atoms with Gasteiger partial charge in [-0.15, -0.1) is 0 Å². The number of rotatable bonds is 9. The molecule has 0 heterocycles. The van der Waals surface area contributed by atoms with Crippen molar-refractivity contribution >= 4 is 33.3 Å². The van der Waals surface area contributed by atoms with E-state index in [1.165, 1.54) is 0 Å². The number of benzene rings is 1. The highest BCUT2D eigenvalue weighted by Gasteiger charge is 2.11. The van der Waals surface area contributed by atoms with Gasteiger partial charge in [0.1, 0.15) is 0 Å². The zero-order valence-electron chi connectivity index (χ0n) is 11.7. The van der Waals surface area contributed by atoms with E-state index in [0.717, 1.165) is 36.8 Å². The second kappa shape index (κ2) is 9.50. The Morgan fingerprint density at radius 2 is 2.05 bits per heavy atom. The molecule has 1 N–H and O–H groups in total. The molecule has 0 saturated heterocycles. The smallest absolute Gasteiger partial charge is 0.165 e. The Kier molecular flexibility index (Phi) is 8.38. The number of aliphatic hydroxyl groups excluding tert-OH is 1. The van der Waals surface area contributed by atoms with E-state index in [1.807, 2.05) is 13.1 Å². The van der Waals surface area contributed by atoms with Crippen LogP contribution in [0.2, 0.25) is 5.02 Å². The number of nitrogens with zero attached hydrogens (tertiary/aromatic N) is 1. The minimum absolute atomic E-state index is 0.0738. The van der Waals surface area contributed by atoms with Crippen LogP contribution < -0.4 is 0 Å². The van der Waals surface area contributed by atoms with E-state index in [1.54, 1.807) is 12.1 Å². The van der Waals surface area contributed by atoms with Gasteiger partial charge < -0.3 is 10.0 Å². The van der Waals surface area contributed by atoms with Gasteiger partial charge in [0.2, 0.25) is 0 Å². The van der Waals surface area contributed by atoms with Gasteiger partial charge >= 0.3 is 0 Å². The first kappa shape index (κ1) is 17.6. The Bertz CT molecular complexity index is 440. The molecule has 20 heavy (non-hydrogen) atoms. The molecule has 0 amide bonds. The first-order valence-electron chi connectivity index (χ1n) is 6.82. The molecule has 0 atom stereocenters. The third-order valence-electron chi connectivity index (χ3n) is 3.15. The fraction of sp³-hybridized carbons (Fsp3) is 0.533. The van der Waals surface area contributed by atoms with Crippen molar-refractivity contribution in [2.45, 2.75) is 25.7 Å². The molecule has 3 nitrogen and oxygen atoms in total. The topological polar surface area (TPSA) is 40.5 Å². The van der Waals surface area contributed by atoms with Crippen molar-refractivity contribution in [3.8, 4) is 0 Å². The van der Waals surface area contributed by atoms with Crippen molar-refractivity contribution < 1.29 is 9.90 Å². The van der Waals surface area contributed by atoms with Crippen molar-refractivity contribution in [3.05, 3.63) is 33.3 Å². The third-order valence-corrected chi connectivity index (χ3v) is 3.96. The molecule has 0 fully saturated rings. The third kappa shape index (κ3) is 6.35. The fourth-order valence-corrected chi connectivity index (χ4v) is 2.70. The number of hydrogen-bond acceptors (Lipinski definition) is 3. The summed E-state index contributed by atoms with van der Waals surface area (Å²) in [6.45, 7) is 1.93. The molecule has 0 aromatic heterocycles. The van der Waals surface area contributed by atoms with E-state index in [9.17, 15) is 4.79 Å². The molecule has 1 rings (SSSR count). The van der Waals surface area contributed by atoms with Crippen LogP contribution >= 0.6 is 27.5 Å². The summed E-state index contributed by atoms with van der Waals surface area (Å²) in [5.74, 6) is 0.0738. The van der Waals surface area contributed by atoms with Gasteiger partial charge in [-0.25, -0.2) is 0 Å². The van der Waals surface area contributed by atoms with Gasteiger partial charge in [-0.05, 0) is 51.1 Å². The molecule has 0 unspecified atom stereocenters. The number of Topliss-reactive ketones (excluding diaryl/α,β-unsaturated/α-hetero) is 1. The quantitative estimate of drug-likeness (QED) is 0.537. The lowest BCUT2D eigenvalue weighted by molar-refractivity contribution is 0.0969. The fourth-order valence-electron chi connectivity index (χ4n) is 1.92. The van der Waals surface area contributed by atoms with Gasteiger partial charge in [-0.2, -0.15) is 0 Å². The molecule has 1 aromatic rings. The van der Waals surface area contributed by atoms with E-state index in [4.69, 9.17) is 16.7 Å². The highest BCUT2D eigenvalue weighted by molar-refractivity contribution is 9.10. The van der Waals surface area contributed by atoms with E-state index >= 15 is 0 Å². The van der Waals surface area contributed by atoms with Crippen LogP contribution in [0.25, 0.3) is 0 Å². The van der Waals surface area contributed by atoms with Crippen molar-refractivity contribution in [2.24, 2.45) is 0 Å². The Hall–Kier alpha value is -0.420. The maximum atomic E-state index is 12.1. The number of ketones is 1. The van der Waals surface area contributed by atoms with E-state index in [-0.39, 0.29) is 12.4 Å². The summed E-state index contributed by atoms with van der Waals surface area (Å²) in [4.78, 5) is 14.2. The molecular weight excluding hydrogens is 342 g/mol. The van der Waals surface area contributed by atoms with Gasteiger partial charge in [0.25, 0.3) is 0 Å². The second-order valence-electron chi connectivity index (χ2n) is 4.88. The molecule has 0 spiro atoms. The first-order chi connectivity index (χ1) is 9.54. The predicted octanol–water partition coefficient (Wildman–Crippen LogP) is 3.77. The van der Waals surface area contributed by atoms with Crippen LogP contribution in [0.4, 0.5) is 0 Å². The second-order valence-corrected chi connectivity index (χ2v) is 6.21. The molecule has 1 aromatic carbocycles. The lowest BCUT2D eigenvalue weighted by Gasteiger charge is -2.16. The van der Waals surface area contributed by atoms with Crippen LogP contribution in [0.15, 0.2) is 22.7 Å². The van der Waals surface area contributed by atoms with Crippen LogP contribution in [0.5, 0.6) is 0 Å². The summed E-state index contributed by atoms with van der Waals surface area (Å²) in [6.07, 6.45) is 3.39. The zero-order chi connectivity index (χ0) is 15.0. The largest absolute Gasteiger partial charge is 0.396 e. The standard InChI is InChI=1S/C15H21BrClNO2/c1-18(8-3-2-4-10-19)9-7-15(20)13-6-5-12(16)11-14(13)17/h5-6,11,19H,2-4,7-10H2,1H3. The molecule has 0 saturated carbocycles. The monoisotopic (exact) mass is 361 g/mol. The Balaban J connectivity index is 2.35. The highest BCUT2D eigenvalue weighted by atomic mass is 79.9. The lowest BCUT2D eigenvalue weighted by atomic mass is 10.1. The first-order valence-corrected chi connectivity index (χ1v) is 7.99. The van der Waals surface area contributed by atoms with Gasteiger partial charge in [0.05, 0.1) is 5.02 Å². The summed E-state index contributed by atoms with van der Waals surface area (Å²) >= 11 is 9.40. The predicted molar refractivity (Wildman–Crippen MR) is 86.5 cm³/mol. The minimum atomic E-state index is 0.0738. The van der Waals surface area contributed by atoms with Crippen LogP contribution in [0.3, 0.4) is 0 Å². The van der Waals surface area contributed by atoms with E-state index in [0.29, 0.717) is 17.0 Å². The van der Waals surface area contributed by atoms with E-state index in [2.05, 4.69) is 20.8 Å². The van der Waals surface area contributed by atoms with Crippen molar-refractivity contribution in [1.29, 1.82) is 0 Å². The number of carbonyl (C=O) groups is 1. The van der Waals surface area contributed by atoms with Crippen LogP contribution in [-0.2, 0) is 0 Å². The Labute approximate surface area is 134 Å². The van der Waals surface area contributed by atoms with Gasteiger partial charge in [0, 0.05) is 29.6 Å². The number of halogens is 2. The molecule has 0 bridgehead atoms. The average Bonchev–Trinajstić information content (AvgIpc) is 2.41. The molecule has 0 aliphatic rings. The lowest BCUT2D eigenvalue weighted by Crippen LogP contribution is -2.23. The summed E-state index contributed by atoms with van der Waals surface area (Å²) in [5.41, 5.74) is 0.587. The summed E-state index contributed by atoms with van der Waals surface area (Å²) in [6, 6.07) is 5.33. The number of carbonyl (C=O) groups excluding carboxylic acids is 1. The van der Waals surface area contributed by atoms with E-state index < -0.39 is 0 Å². The number of hydrogen-bond donors (Lipinski definition) is 1. The summed E-state index contributed by atoms with van der Waals surface area (Å²) < 4.78 is 0.875. The molecule has 0 aliphatic heterocycles. The maximum Gasteiger partial charge on any atom is 0.165 e. The van der Waals surface area contributed by atoms with Crippen molar-refractivity contribution in [3.63, 3.8) is 0 Å². The molecular formula is C15H21BrClNO2. The van der Waals surface area contributed by atoms with Crippen LogP contribution in [0, 0.1) is 0 Å². The average molecular weight is 363 g/mol. The van der Waals surface area contributed by atoms with Crippen LogP contribution in [-0.4, -0.2) is 42.5 Å². The summed E-state index contributed by atoms with van der Waals surface area (Å²) in [7, 11) is 2.01. The maximum absolute atomic E-state index is 12.1. The Morgan fingerprint density at radius 3 is 2.70 bits per heavy atom. The van der Waals surface area contributed by atoms with Gasteiger partial charge in [0.15, 0.2) is 5.78 Å². The molecule has 5 heteroatoms. The van der Waals surface area contributed by atoms with Crippen LogP contribution in [0.1, 0.15) is 36.0 Å². The zero-order valence-corrected chi connectivity index (χ0v) is 14.1. The number of aliphatic hydroxyl groups is 1. The van der Waals surface area contributed by atoms with Gasteiger partial charge in [-0.1, -0.05) is 27.5 Å².